The molecule has 1 aliphatic carbocycles. The van der Waals surface area contributed by atoms with E-state index in [0.29, 0.717) is 17.0 Å². The average molecular weight is 326 g/mol. The molecule has 0 saturated carbocycles. The number of ketones is 1. The molecule has 0 saturated heterocycles. The van der Waals surface area contributed by atoms with Crippen molar-refractivity contribution in [3.05, 3.63) is 52.9 Å². The van der Waals surface area contributed by atoms with E-state index < -0.39 is 0 Å². The van der Waals surface area contributed by atoms with Crippen molar-refractivity contribution in [3.8, 4) is 11.1 Å². The molecule has 3 aromatic rings. The van der Waals surface area contributed by atoms with Gasteiger partial charge in [0.1, 0.15) is 0 Å². The molecule has 0 spiro atoms. The number of halogens is 1. The summed E-state index contributed by atoms with van der Waals surface area (Å²) in [5.41, 5.74) is 4.33. The van der Waals surface area contributed by atoms with Crippen molar-refractivity contribution >= 4 is 23.0 Å². The summed E-state index contributed by atoms with van der Waals surface area (Å²) in [6.45, 7) is 4.23. The molecule has 2 aromatic heterocycles. The van der Waals surface area contributed by atoms with E-state index in [-0.39, 0.29) is 11.2 Å². The maximum absolute atomic E-state index is 12.4. The highest BCUT2D eigenvalue weighted by Gasteiger charge is 2.33. The molecule has 0 amide bonds. The van der Waals surface area contributed by atoms with E-state index in [2.05, 4.69) is 23.9 Å². The van der Waals surface area contributed by atoms with Gasteiger partial charge in [-0.3, -0.25) is 4.79 Å². The minimum atomic E-state index is -0.0508. The fourth-order valence-electron chi connectivity index (χ4n) is 3.26. The van der Waals surface area contributed by atoms with Crippen LogP contribution in [-0.2, 0) is 6.42 Å². The van der Waals surface area contributed by atoms with Crippen LogP contribution in [0.2, 0.25) is 5.02 Å². The number of Topliss-reactive ketones (excluding diaryl/α,β-unsaturated/α-hetero) is 1. The van der Waals surface area contributed by atoms with Crippen LogP contribution < -0.4 is 0 Å². The number of hydrogen-bond donors (Lipinski definition) is 0. The Balaban J connectivity index is 1.92. The van der Waals surface area contributed by atoms with Gasteiger partial charge >= 0.3 is 0 Å². The molecule has 0 atom stereocenters. The lowest BCUT2D eigenvalue weighted by Crippen LogP contribution is -2.29. The van der Waals surface area contributed by atoms with E-state index in [9.17, 15) is 4.79 Å². The van der Waals surface area contributed by atoms with Crippen molar-refractivity contribution in [2.75, 3.05) is 0 Å². The van der Waals surface area contributed by atoms with Gasteiger partial charge in [-0.25, -0.2) is 9.50 Å². The van der Waals surface area contributed by atoms with Gasteiger partial charge in [-0.1, -0.05) is 37.6 Å². The van der Waals surface area contributed by atoms with Gasteiger partial charge in [0, 0.05) is 23.2 Å². The molecule has 1 aromatic carbocycles. The van der Waals surface area contributed by atoms with Gasteiger partial charge in [-0.2, -0.15) is 5.10 Å². The molecule has 0 aliphatic heterocycles. The van der Waals surface area contributed by atoms with Crippen molar-refractivity contribution in [1.82, 2.24) is 14.6 Å². The van der Waals surface area contributed by atoms with Gasteiger partial charge in [0.25, 0.3) is 0 Å². The third-order valence-electron chi connectivity index (χ3n) is 4.37. The van der Waals surface area contributed by atoms with Gasteiger partial charge in [0.2, 0.25) is 0 Å². The number of fused-ring (bicyclic) bond motifs is 3. The first-order chi connectivity index (χ1) is 10.9. The molecule has 4 nitrogen and oxygen atoms in total. The van der Waals surface area contributed by atoms with Gasteiger partial charge in [-0.15, -0.1) is 0 Å². The fourth-order valence-corrected chi connectivity index (χ4v) is 3.39. The molecule has 2 heterocycles. The van der Waals surface area contributed by atoms with E-state index in [1.807, 2.05) is 28.8 Å². The first-order valence-electron chi connectivity index (χ1n) is 7.59. The topological polar surface area (TPSA) is 47.3 Å². The summed E-state index contributed by atoms with van der Waals surface area (Å²) < 4.78 is 1.82. The van der Waals surface area contributed by atoms with E-state index in [4.69, 9.17) is 11.6 Å². The SMILES string of the molecule is CC1(C)CC(=O)c2cnc3c(-c4ccc(Cl)cc4)cnn3c2C1. The standard InChI is InChI=1S/C18H16ClN3O/c1-18(2)7-15-14(16(23)8-18)9-20-17-13(10-21-22(15)17)11-3-5-12(19)6-4-11/h3-6,9-10H,7-8H2,1-2H3. The van der Waals surface area contributed by atoms with Crippen LogP contribution in [-0.4, -0.2) is 20.4 Å². The first-order valence-corrected chi connectivity index (χ1v) is 7.97. The molecule has 116 valence electrons. The maximum atomic E-state index is 12.4. The fraction of sp³-hybridized carbons (Fsp3) is 0.278. The van der Waals surface area contributed by atoms with Gasteiger partial charge in [0.05, 0.1) is 17.5 Å². The zero-order valence-electron chi connectivity index (χ0n) is 13.0. The zero-order valence-corrected chi connectivity index (χ0v) is 13.8. The largest absolute Gasteiger partial charge is 0.294 e. The molecule has 0 fully saturated rings. The Morgan fingerprint density at radius 1 is 1.09 bits per heavy atom. The molecule has 1 aliphatic rings. The van der Waals surface area contributed by atoms with E-state index >= 15 is 0 Å². The predicted molar refractivity (Wildman–Crippen MR) is 89.9 cm³/mol. The quantitative estimate of drug-likeness (QED) is 0.673. The van der Waals surface area contributed by atoms with Crippen LogP contribution >= 0.6 is 11.6 Å². The highest BCUT2D eigenvalue weighted by Crippen LogP contribution is 2.35. The minimum absolute atomic E-state index is 0.0508. The van der Waals surface area contributed by atoms with Crippen molar-refractivity contribution in [2.45, 2.75) is 26.7 Å². The summed E-state index contributed by atoms with van der Waals surface area (Å²) in [6, 6.07) is 7.61. The summed E-state index contributed by atoms with van der Waals surface area (Å²) in [6.07, 6.45) is 4.87. The summed E-state index contributed by atoms with van der Waals surface area (Å²) in [5, 5.41) is 5.20. The Hall–Kier alpha value is -2.20. The third kappa shape index (κ3) is 2.34. The Bertz CT molecular complexity index is 925. The van der Waals surface area contributed by atoms with Crippen molar-refractivity contribution < 1.29 is 4.79 Å². The number of hydrogen-bond acceptors (Lipinski definition) is 3. The van der Waals surface area contributed by atoms with Gasteiger partial charge in [-0.05, 0) is 29.5 Å². The second kappa shape index (κ2) is 4.90. The molecular formula is C18H16ClN3O. The first kappa shape index (κ1) is 14.4. The van der Waals surface area contributed by atoms with Gasteiger partial charge in [0.15, 0.2) is 11.4 Å². The van der Waals surface area contributed by atoms with Crippen LogP contribution in [0.4, 0.5) is 0 Å². The molecule has 0 unspecified atom stereocenters. The highest BCUT2D eigenvalue weighted by atomic mass is 35.5. The minimum Gasteiger partial charge on any atom is -0.294 e. The van der Waals surface area contributed by atoms with Crippen molar-refractivity contribution in [3.63, 3.8) is 0 Å². The third-order valence-corrected chi connectivity index (χ3v) is 4.62. The van der Waals surface area contributed by atoms with Crippen LogP contribution in [0.25, 0.3) is 16.8 Å². The maximum Gasteiger partial charge on any atom is 0.166 e. The lowest BCUT2D eigenvalue weighted by atomic mass is 9.76. The van der Waals surface area contributed by atoms with Crippen molar-refractivity contribution in [1.29, 1.82) is 0 Å². The molecule has 0 radical (unpaired) electrons. The molecule has 0 bridgehead atoms. The average Bonchev–Trinajstić information content (AvgIpc) is 2.91. The lowest BCUT2D eigenvalue weighted by molar-refractivity contribution is 0.0908. The summed E-state index contributed by atoms with van der Waals surface area (Å²) >= 11 is 5.96. The molecular weight excluding hydrogens is 310 g/mol. The van der Waals surface area contributed by atoms with Crippen molar-refractivity contribution in [2.24, 2.45) is 5.41 Å². The Labute approximate surface area is 139 Å². The number of nitrogens with zero attached hydrogens (tertiary/aromatic N) is 3. The lowest BCUT2D eigenvalue weighted by Gasteiger charge is -2.29. The van der Waals surface area contributed by atoms with E-state index in [1.54, 1.807) is 12.4 Å². The van der Waals surface area contributed by atoms with Crippen LogP contribution in [0.5, 0.6) is 0 Å². The normalized spacial score (nSPS) is 16.6. The molecule has 23 heavy (non-hydrogen) atoms. The Kier molecular flexibility index (Phi) is 3.07. The van der Waals surface area contributed by atoms with Gasteiger partial charge < -0.3 is 0 Å². The van der Waals surface area contributed by atoms with Crippen LogP contribution in [0.15, 0.2) is 36.7 Å². The molecule has 4 rings (SSSR count). The summed E-state index contributed by atoms with van der Waals surface area (Å²) in [5.74, 6) is 0.147. The Morgan fingerprint density at radius 2 is 1.83 bits per heavy atom. The number of benzene rings is 1. The number of carbonyl (C=O) groups is 1. The smallest absolute Gasteiger partial charge is 0.166 e. The van der Waals surface area contributed by atoms with Crippen LogP contribution in [0, 0.1) is 5.41 Å². The van der Waals surface area contributed by atoms with E-state index in [0.717, 1.165) is 28.9 Å². The molecule has 5 heteroatoms. The number of carbonyl (C=O) groups excluding carboxylic acids is 1. The second-order valence-electron chi connectivity index (χ2n) is 6.86. The van der Waals surface area contributed by atoms with E-state index in [1.165, 1.54) is 0 Å². The van der Waals surface area contributed by atoms with Crippen LogP contribution in [0.1, 0.15) is 36.3 Å². The molecule has 0 N–H and O–H groups in total. The van der Waals surface area contributed by atoms with Crippen LogP contribution in [0.3, 0.4) is 0 Å². The Morgan fingerprint density at radius 3 is 2.57 bits per heavy atom. The summed E-state index contributed by atoms with van der Waals surface area (Å²) in [7, 11) is 0. The zero-order chi connectivity index (χ0) is 16.2. The number of rotatable bonds is 1. The monoisotopic (exact) mass is 325 g/mol. The summed E-state index contributed by atoms with van der Waals surface area (Å²) in [4.78, 5) is 16.9. The number of aromatic nitrogens is 3. The second-order valence-corrected chi connectivity index (χ2v) is 7.30. The predicted octanol–water partition coefficient (Wildman–Crippen LogP) is 4.20. The highest BCUT2D eigenvalue weighted by molar-refractivity contribution is 6.30.